The number of nitrogens with zero attached hydrogens (tertiary/aromatic N) is 5. The molecule has 0 bridgehead atoms. The van der Waals surface area contributed by atoms with E-state index < -0.39 is 10.0 Å². The van der Waals surface area contributed by atoms with Crippen LogP contribution in [0.25, 0.3) is 22.0 Å². The summed E-state index contributed by atoms with van der Waals surface area (Å²) in [4.78, 5) is 15.7. The molecule has 3 heterocycles. The van der Waals surface area contributed by atoms with Gasteiger partial charge in [-0.05, 0) is 37.3 Å². The number of para-hydroxylation sites is 1. The third kappa shape index (κ3) is 5.56. The molecule has 11 heteroatoms. The summed E-state index contributed by atoms with van der Waals surface area (Å²) in [5, 5.41) is 5.02. The van der Waals surface area contributed by atoms with E-state index in [2.05, 4.69) is 32.1 Å². The summed E-state index contributed by atoms with van der Waals surface area (Å²) >= 11 is 12.0. The Labute approximate surface area is 226 Å². The zero-order chi connectivity index (χ0) is 26.0. The molecule has 1 atom stereocenters. The summed E-state index contributed by atoms with van der Waals surface area (Å²) in [5.74, 6) is 0.768. The predicted octanol–water partition coefficient (Wildman–Crippen LogP) is 4.81. The van der Waals surface area contributed by atoms with Gasteiger partial charge in [-0.1, -0.05) is 41.4 Å². The Morgan fingerprint density at radius 3 is 2.54 bits per heavy atom. The SMILES string of the molecule is C[C@@H](CN1CCN(S(=O)(=O)c2ccc(Cl)c(Cl)c2)CC1)Nc1ncnc2c(-c3cccnc3)cccc12. The van der Waals surface area contributed by atoms with Gasteiger partial charge in [-0.3, -0.25) is 9.88 Å². The molecule has 37 heavy (non-hydrogen) atoms. The van der Waals surface area contributed by atoms with Gasteiger partial charge in [0, 0.05) is 67.7 Å². The second-order valence-corrected chi connectivity index (χ2v) is 11.7. The summed E-state index contributed by atoms with van der Waals surface area (Å²) in [5.41, 5.74) is 2.86. The first-order valence-corrected chi connectivity index (χ1v) is 14.1. The maximum Gasteiger partial charge on any atom is 0.243 e. The molecule has 0 amide bonds. The van der Waals surface area contributed by atoms with Gasteiger partial charge in [-0.2, -0.15) is 4.31 Å². The number of fused-ring (bicyclic) bond motifs is 1. The van der Waals surface area contributed by atoms with Crippen LogP contribution >= 0.6 is 23.2 Å². The Bertz CT molecular complexity index is 1510. The minimum Gasteiger partial charge on any atom is -0.366 e. The smallest absolute Gasteiger partial charge is 0.243 e. The van der Waals surface area contributed by atoms with Gasteiger partial charge >= 0.3 is 0 Å². The molecule has 2 aromatic carbocycles. The lowest BCUT2D eigenvalue weighted by molar-refractivity contribution is 0.184. The molecular formula is C26H26Cl2N6O2S. The van der Waals surface area contributed by atoms with Gasteiger partial charge in [0.25, 0.3) is 0 Å². The number of rotatable bonds is 7. The zero-order valence-electron chi connectivity index (χ0n) is 20.2. The Hall–Kier alpha value is -2.82. The average Bonchev–Trinajstić information content (AvgIpc) is 2.91. The molecular weight excluding hydrogens is 531 g/mol. The molecule has 0 aliphatic carbocycles. The van der Waals surface area contributed by atoms with E-state index in [1.54, 1.807) is 12.5 Å². The third-order valence-corrected chi connectivity index (χ3v) is 9.05. The second-order valence-electron chi connectivity index (χ2n) is 8.99. The fourth-order valence-electron chi connectivity index (χ4n) is 4.56. The molecule has 1 aliphatic heterocycles. The van der Waals surface area contributed by atoms with Gasteiger partial charge in [0.2, 0.25) is 10.0 Å². The Morgan fingerprint density at radius 2 is 1.81 bits per heavy atom. The topological polar surface area (TPSA) is 91.3 Å². The van der Waals surface area contributed by atoms with Crippen molar-refractivity contribution < 1.29 is 8.42 Å². The van der Waals surface area contributed by atoms with Crippen molar-refractivity contribution in [2.24, 2.45) is 0 Å². The van der Waals surface area contributed by atoms with Gasteiger partial charge < -0.3 is 5.32 Å². The molecule has 0 radical (unpaired) electrons. The van der Waals surface area contributed by atoms with Crippen LogP contribution in [-0.2, 0) is 10.0 Å². The second kappa shape index (κ2) is 10.9. The van der Waals surface area contributed by atoms with Gasteiger partial charge in [-0.15, -0.1) is 0 Å². The molecule has 1 fully saturated rings. The number of hydrogen-bond acceptors (Lipinski definition) is 7. The first-order valence-electron chi connectivity index (χ1n) is 11.9. The minimum absolute atomic E-state index is 0.0818. The maximum atomic E-state index is 13.1. The van der Waals surface area contributed by atoms with Crippen LogP contribution in [-0.4, -0.2) is 71.3 Å². The van der Waals surface area contributed by atoms with E-state index in [4.69, 9.17) is 23.2 Å². The highest BCUT2D eigenvalue weighted by Crippen LogP contribution is 2.30. The van der Waals surface area contributed by atoms with Gasteiger partial charge in [0.15, 0.2) is 0 Å². The molecule has 1 aliphatic rings. The van der Waals surface area contributed by atoms with E-state index >= 15 is 0 Å². The van der Waals surface area contributed by atoms with E-state index in [9.17, 15) is 8.42 Å². The van der Waals surface area contributed by atoms with Crippen molar-refractivity contribution in [3.05, 3.63) is 77.3 Å². The Morgan fingerprint density at radius 1 is 1.00 bits per heavy atom. The Kier molecular flexibility index (Phi) is 7.60. The summed E-state index contributed by atoms with van der Waals surface area (Å²) in [6.45, 7) is 4.90. The fraction of sp³-hybridized carbons (Fsp3) is 0.269. The normalized spacial score (nSPS) is 16.1. The van der Waals surface area contributed by atoms with E-state index in [1.165, 1.54) is 22.5 Å². The molecule has 2 aromatic heterocycles. The number of piperazine rings is 1. The zero-order valence-corrected chi connectivity index (χ0v) is 22.5. The average molecular weight is 558 g/mol. The lowest BCUT2D eigenvalue weighted by Crippen LogP contribution is -2.50. The standard InChI is InChI=1S/C26H26Cl2N6O2S/c1-18(16-33-10-12-34(13-11-33)37(35,36)20-7-8-23(27)24(28)14-20)32-26-22-6-2-5-21(25(22)30-17-31-26)19-4-3-9-29-15-19/h2-9,14-15,17-18H,10-13,16H2,1H3,(H,30,31,32)/t18-/m0/s1. The summed E-state index contributed by atoms with van der Waals surface area (Å²) in [7, 11) is -3.63. The lowest BCUT2D eigenvalue weighted by Gasteiger charge is -2.35. The van der Waals surface area contributed by atoms with Crippen LogP contribution < -0.4 is 5.32 Å². The monoisotopic (exact) mass is 556 g/mol. The van der Waals surface area contributed by atoms with Crippen LogP contribution in [0.4, 0.5) is 5.82 Å². The Balaban J connectivity index is 1.24. The molecule has 5 rings (SSSR count). The van der Waals surface area contributed by atoms with Crippen molar-refractivity contribution in [3.8, 4) is 11.1 Å². The van der Waals surface area contributed by atoms with Crippen LogP contribution in [0.5, 0.6) is 0 Å². The quantitative estimate of drug-likeness (QED) is 0.349. The summed E-state index contributed by atoms with van der Waals surface area (Å²) in [6, 6.07) is 14.5. The summed E-state index contributed by atoms with van der Waals surface area (Å²) < 4.78 is 27.6. The maximum absolute atomic E-state index is 13.1. The van der Waals surface area contributed by atoms with E-state index in [-0.39, 0.29) is 16.0 Å². The third-order valence-electron chi connectivity index (χ3n) is 6.41. The van der Waals surface area contributed by atoms with Crippen molar-refractivity contribution in [2.75, 3.05) is 38.0 Å². The van der Waals surface area contributed by atoms with Gasteiger partial charge in [0.05, 0.1) is 20.5 Å². The molecule has 0 spiro atoms. The number of sulfonamides is 1. The number of halogens is 2. The molecule has 0 saturated carbocycles. The van der Waals surface area contributed by atoms with Crippen LogP contribution in [0.2, 0.25) is 10.0 Å². The van der Waals surface area contributed by atoms with Crippen molar-refractivity contribution in [3.63, 3.8) is 0 Å². The van der Waals surface area contributed by atoms with E-state index in [1.807, 2.05) is 36.5 Å². The number of hydrogen-bond donors (Lipinski definition) is 1. The molecule has 4 aromatic rings. The first-order chi connectivity index (χ1) is 17.8. The van der Waals surface area contributed by atoms with E-state index in [0.29, 0.717) is 31.2 Å². The molecule has 192 valence electrons. The fourth-order valence-corrected chi connectivity index (χ4v) is 6.37. The molecule has 1 saturated heterocycles. The first kappa shape index (κ1) is 25.8. The van der Waals surface area contributed by atoms with Crippen molar-refractivity contribution in [2.45, 2.75) is 17.9 Å². The van der Waals surface area contributed by atoms with Crippen LogP contribution in [0.15, 0.2) is 72.1 Å². The molecule has 1 N–H and O–H groups in total. The minimum atomic E-state index is -3.63. The lowest BCUT2D eigenvalue weighted by atomic mass is 10.0. The number of anilines is 1. The van der Waals surface area contributed by atoms with Crippen LogP contribution in [0.3, 0.4) is 0 Å². The highest BCUT2D eigenvalue weighted by molar-refractivity contribution is 7.89. The van der Waals surface area contributed by atoms with Crippen molar-refractivity contribution in [1.29, 1.82) is 0 Å². The van der Waals surface area contributed by atoms with Crippen molar-refractivity contribution >= 4 is 49.9 Å². The predicted molar refractivity (Wildman–Crippen MR) is 148 cm³/mol. The number of pyridine rings is 1. The number of nitrogens with one attached hydrogen (secondary N) is 1. The largest absolute Gasteiger partial charge is 0.366 e. The summed E-state index contributed by atoms with van der Waals surface area (Å²) in [6.07, 6.45) is 5.15. The highest BCUT2D eigenvalue weighted by atomic mass is 35.5. The van der Waals surface area contributed by atoms with E-state index in [0.717, 1.165) is 34.4 Å². The van der Waals surface area contributed by atoms with Gasteiger partial charge in [-0.25, -0.2) is 18.4 Å². The van der Waals surface area contributed by atoms with Gasteiger partial charge in [0.1, 0.15) is 12.1 Å². The highest BCUT2D eigenvalue weighted by Gasteiger charge is 2.29. The number of benzene rings is 2. The van der Waals surface area contributed by atoms with Crippen LogP contribution in [0.1, 0.15) is 6.92 Å². The van der Waals surface area contributed by atoms with Crippen molar-refractivity contribution in [1.82, 2.24) is 24.2 Å². The molecule has 0 unspecified atom stereocenters. The van der Waals surface area contributed by atoms with Crippen LogP contribution in [0, 0.1) is 0 Å². The number of aromatic nitrogens is 3. The molecule has 8 nitrogen and oxygen atoms in total.